The van der Waals surface area contributed by atoms with Crippen molar-refractivity contribution in [3.8, 4) is 5.75 Å². The van der Waals surface area contributed by atoms with E-state index in [1.54, 1.807) is 0 Å². The van der Waals surface area contributed by atoms with Gasteiger partial charge >= 0.3 is 6.18 Å². The first kappa shape index (κ1) is 17.4. The van der Waals surface area contributed by atoms with Crippen LogP contribution in [0.5, 0.6) is 5.75 Å². The fourth-order valence-corrected chi connectivity index (χ4v) is 2.66. The van der Waals surface area contributed by atoms with Crippen LogP contribution in [0.3, 0.4) is 0 Å². The van der Waals surface area contributed by atoms with E-state index >= 15 is 0 Å². The molecule has 1 heterocycles. The Morgan fingerprint density at radius 2 is 2.18 bits per heavy atom. The zero-order chi connectivity index (χ0) is 16.2. The Bertz CT molecular complexity index is 490. The number of halogens is 4. The smallest absolute Gasteiger partial charge is 0.416 e. The van der Waals surface area contributed by atoms with Gasteiger partial charge in [0.05, 0.1) is 17.2 Å². The number of benzene rings is 1. The van der Waals surface area contributed by atoms with Gasteiger partial charge in [0, 0.05) is 19.1 Å². The molecule has 0 aliphatic carbocycles. The normalized spacial score (nSPS) is 20.1. The largest absolute Gasteiger partial charge is 0.486 e. The Morgan fingerprint density at radius 3 is 2.73 bits per heavy atom. The van der Waals surface area contributed by atoms with E-state index in [9.17, 15) is 13.2 Å². The van der Waals surface area contributed by atoms with Crippen LogP contribution in [0.25, 0.3) is 0 Å². The zero-order valence-electron chi connectivity index (χ0n) is 12.3. The second-order valence-corrected chi connectivity index (χ2v) is 5.62. The van der Waals surface area contributed by atoms with Crippen LogP contribution in [-0.4, -0.2) is 32.4 Å². The molecule has 1 N–H and O–H groups in total. The first-order chi connectivity index (χ1) is 10.4. The lowest BCUT2D eigenvalue weighted by molar-refractivity contribution is -0.137. The lowest BCUT2D eigenvalue weighted by atomic mass is 10.0. The predicted molar refractivity (Wildman–Crippen MR) is 78.3 cm³/mol. The average molecular weight is 338 g/mol. The Balaban J connectivity index is 2.11. The molecule has 1 fully saturated rings. The molecule has 1 aliphatic rings. The summed E-state index contributed by atoms with van der Waals surface area (Å²) in [5.41, 5.74) is -0.784. The summed E-state index contributed by atoms with van der Waals surface area (Å²) in [6.45, 7) is 4.53. The van der Waals surface area contributed by atoms with Crippen LogP contribution in [0.1, 0.15) is 18.9 Å². The summed E-state index contributed by atoms with van der Waals surface area (Å²) >= 11 is 5.94. The van der Waals surface area contributed by atoms with Gasteiger partial charge in [0.15, 0.2) is 0 Å². The molecule has 124 valence electrons. The summed E-state index contributed by atoms with van der Waals surface area (Å²) in [6, 6.07) is 3.14. The molecule has 1 aromatic rings. The van der Waals surface area contributed by atoms with Crippen molar-refractivity contribution in [2.24, 2.45) is 5.92 Å². The molecule has 0 unspecified atom stereocenters. The van der Waals surface area contributed by atoms with E-state index < -0.39 is 11.7 Å². The van der Waals surface area contributed by atoms with Crippen molar-refractivity contribution in [1.29, 1.82) is 0 Å². The van der Waals surface area contributed by atoms with Gasteiger partial charge in [-0.05, 0) is 38.1 Å². The van der Waals surface area contributed by atoms with E-state index in [2.05, 4.69) is 5.32 Å². The zero-order valence-corrected chi connectivity index (χ0v) is 13.0. The molecule has 0 saturated carbocycles. The second kappa shape index (κ2) is 7.53. The Labute approximate surface area is 132 Å². The Hall–Kier alpha value is -0.980. The maximum atomic E-state index is 12.6. The molecular weight excluding hydrogens is 319 g/mol. The highest BCUT2D eigenvalue weighted by Gasteiger charge is 2.32. The molecule has 7 heteroatoms. The predicted octanol–water partition coefficient (Wildman–Crippen LogP) is 3.75. The fraction of sp³-hybridized carbons (Fsp3) is 0.600. The van der Waals surface area contributed by atoms with Crippen LogP contribution in [-0.2, 0) is 10.9 Å². The minimum absolute atomic E-state index is 0.0396. The third-order valence-electron chi connectivity index (χ3n) is 3.65. The van der Waals surface area contributed by atoms with E-state index in [4.69, 9.17) is 21.1 Å². The van der Waals surface area contributed by atoms with Gasteiger partial charge in [-0.3, -0.25) is 0 Å². The maximum Gasteiger partial charge on any atom is 0.416 e. The number of nitrogens with one attached hydrogen (secondary N) is 1. The molecule has 0 amide bonds. The summed E-state index contributed by atoms with van der Waals surface area (Å²) in [5.74, 6) is 0.510. The molecule has 2 atom stereocenters. The van der Waals surface area contributed by atoms with Gasteiger partial charge in [-0.15, -0.1) is 0 Å². The molecule has 1 aliphatic heterocycles. The Kier molecular flexibility index (Phi) is 5.94. The van der Waals surface area contributed by atoms with Crippen LogP contribution in [0.15, 0.2) is 18.2 Å². The maximum absolute atomic E-state index is 12.6. The highest BCUT2D eigenvalue weighted by Crippen LogP contribution is 2.35. The minimum Gasteiger partial charge on any atom is -0.486 e. The minimum atomic E-state index is -4.41. The van der Waals surface area contributed by atoms with Gasteiger partial charge < -0.3 is 14.8 Å². The van der Waals surface area contributed by atoms with E-state index in [0.29, 0.717) is 13.2 Å². The number of hydrogen-bond donors (Lipinski definition) is 1. The van der Waals surface area contributed by atoms with E-state index in [0.717, 1.165) is 31.6 Å². The number of rotatable bonds is 6. The van der Waals surface area contributed by atoms with Crippen molar-refractivity contribution in [3.63, 3.8) is 0 Å². The third-order valence-corrected chi connectivity index (χ3v) is 3.94. The first-order valence-electron chi connectivity index (χ1n) is 7.23. The molecule has 2 rings (SSSR count). The van der Waals surface area contributed by atoms with Crippen LogP contribution in [0.2, 0.25) is 5.02 Å². The summed E-state index contributed by atoms with van der Waals surface area (Å²) in [5, 5.41) is 3.20. The quantitative estimate of drug-likeness (QED) is 0.857. The van der Waals surface area contributed by atoms with Crippen molar-refractivity contribution in [2.45, 2.75) is 25.6 Å². The van der Waals surface area contributed by atoms with Gasteiger partial charge in [0.2, 0.25) is 0 Å². The molecule has 0 radical (unpaired) electrons. The summed E-state index contributed by atoms with van der Waals surface area (Å²) < 4.78 is 49.2. The second-order valence-electron chi connectivity index (χ2n) is 5.21. The van der Waals surface area contributed by atoms with Gasteiger partial charge in [-0.25, -0.2) is 0 Å². The topological polar surface area (TPSA) is 30.5 Å². The average Bonchev–Trinajstić information content (AvgIpc) is 2.98. The molecule has 22 heavy (non-hydrogen) atoms. The molecule has 1 aromatic carbocycles. The van der Waals surface area contributed by atoms with E-state index in [1.807, 2.05) is 6.92 Å². The molecule has 0 bridgehead atoms. The number of alkyl halides is 3. The highest BCUT2D eigenvalue weighted by molar-refractivity contribution is 6.32. The van der Waals surface area contributed by atoms with Crippen molar-refractivity contribution in [2.75, 3.05) is 26.3 Å². The van der Waals surface area contributed by atoms with Crippen LogP contribution >= 0.6 is 11.6 Å². The number of hydrogen-bond acceptors (Lipinski definition) is 3. The lowest BCUT2D eigenvalue weighted by Crippen LogP contribution is -2.33. The van der Waals surface area contributed by atoms with Crippen LogP contribution in [0, 0.1) is 5.92 Å². The van der Waals surface area contributed by atoms with Crippen molar-refractivity contribution in [3.05, 3.63) is 28.8 Å². The van der Waals surface area contributed by atoms with Crippen molar-refractivity contribution < 1.29 is 22.6 Å². The van der Waals surface area contributed by atoms with Gasteiger partial charge in [0.1, 0.15) is 11.9 Å². The van der Waals surface area contributed by atoms with Gasteiger partial charge in [0.25, 0.3) is 0 Å². The van der Waals surface area contributed by atoms with Crippen LogP contribution in [0.4, 0.5) is 13.2 Å². The standard InChI is InChI=1S/C15H19ClF3NO2/c1-2-21-9-14(10-5-6-20-8-10)22-13-4-3-11(7-12(13)16)15(17,18)19/h3-4,7,10,14,20H,2,5-6,8-9H2,1H3/t10-,14-/m0/s1. The number of ether oxygens (including phenoxy) is 2. The van der Waals surface area contributed by atoms with Crippen molar-refractivity contribution >= 4 is 11.6 Å². The first-order valence-corrected chi connectivity index (χ1v) is 7.61. The Morgan fingerprint density at radius 1 is 1.41 bits per heavy atom. The lowest BCUT2D eigenvalue weighted by Gasteiger charge is -2.25. The fourth-order valence-electron chi connectivity index (χ4n) is 2.43. The van der Waals surface area contributed by atoms with Gasteiger partial charge in [-0.2, -0.15) is 13.2 Å². The molecule has 3 nitrogen and oxygen atoms in total. The SMILES string of the molecule is CCOC[C@H](Oc1ccc(C(F)(F)F)cc1Cl)[C@H]1CCNC1. The summed E-state index contributed by atoms with van der Waals surface area (Å²) in [6.07, 6.45) is -3.71. The van der Waals surface area contributed by atoms with E-state index in [-0.39, 0.29) is 22.8 Å². The van der Waals surface area contributed by atoms with Gasteiger partial charge in [-0.1, -0.05) is 11.6 Å². The molecule has 1 saturated heterocycles. The van der Waals surface area contributed by atoms with Crippen molar-refractivity contribution in [1.82, 2.24) is 5.32 Å². The molecule has 0 aromatic heterocycles. The van der Waals surface area contributed by atoms with E-state index in [1.165, 1.54) is 6.07 Å². The summed E-state index contributed by atoms with van der Waals surface area (Å²) in [4.78, 5) is 0. The highest BCUT2D eigenvalue weighted by atomic mass is 35.5. The van der Waals surface area contributed by atoms with Crippen LogP contribution < -0.4 is 10.1 Å². The third kappa shape index (κ3) is 4.51. The monoisotopic (exact) mass is 337 g/mol. The summed E-state index contributed by atoms with van der Waals surface area (Å²) in [7, 11) is 0. The molecular formula is C15H19ClF3NO2. The molecule has 0 spiro atoms.